The molecule has 0 aliphatic carbocycles. The molecule has 0 aromatic heterocycles. The minimum atomic E-state index is -4.20. The molecule has 1 atom stereocenters. The Kier molecular flexibility index (Phi) is 11.1. The van der Waals surface area contributed by atoms with Crippen molar-refractivity contribution in [2.75, 3.05) is 10.8 Å². The fraction of sp³-hybridized carbons (Fsp3) is 0.278. The smallest absolute Gasteiger partial charge is 0.264 e. The Bertz CT molecular complexity index is 1740. The zero-order valence-corrected chi connectivity index (χ0v) is 27.9. The largest absolute Gasteiger partial charge is 0.352 e. The van der Waals surface area contributed by atoms with E-state index in [4.69, 9.17) is 11.6 Å². The molecule has 2 amide bonds. The number of sulfonamides is 1. The van der Waals surface area contributed by atoms with Crippen LogP contribution in [0.2, 0.25) is 5.02 Å². The van der Waals surface area contributed by atoms with E-state index in [0.29, 0.717) is 16.3 Å². The van der Waals surface area contributed by atoms with Gasteiger partial charge in [0, 0.05) is 24.0 Å². The molecule has 0 aliphatic rings. The topological polar surface area (TPSA) is 86.8 Å². The molecule has 0 fully saturated rings. The molecule has 45 heavy (non-hydrogen) atoms. The van der Waals surface area contributed by atoms with Gasteiger partial charge in [-0.3, -0.25) is 13.9 Å². The maximum Gasteiger partial charge on any atom is 0.264 e. The molecule has 4 aromatic rings. The van der Waals surface area contributed by atoms with Crippen molar-refractivity contribution in [3.8, 4) is 0 Å². The van der Waals surface area contributed by atoms with Gasteiger partial charge in [0.15, 0.2) is 0 Å². The number of carbonyl (C=O) groups excluding carboxylic acids is 2. The number of nitrogens with one attached hydrogen (secondary N) is 1. The number of hydrogen-bond donors (Lipinski definition) is 1. The summed E-state index contributed by atoms with van der Waals surface area (Å²) in [5.41, 5.74) is 4.52. The van der Waals surface area contributed by atoms with Gasteiger partial charge in [0.25, 0.3) is 10.0 Å². The van der Waals surface area contributed by atoms with Crippen molar-refractivity contribution < 1.29 is 18.0 Å². The third-order valence-corrected chi connectivity index (χ3v) is 9.63. The molecule has 0 unspecified atom stereocenters. The van der Waals surface area contributed by atoms with Crippen molar-refractivity contribution in [3.05, 3.63) is 130 Å². The van der Waals surface area contributed by atoms with E-state index < -0.39 is 28.5 Å². The third kappa shape index (κ3) is 8.53. The van der Waals surface area contributed by atoms with E-state index in [9.17, 15) is 18.0 Å². The highest BCUT2D eigenvalue weighted by atomic mass is 35.5. The molecule has 4 rings (SSSR count). The summed E-state index contributed by atoms with van der Waals surface area (Å²) in [6.07, 6.45) is 0.252. The summed E-state index contributed by atoms with van der Waals surface area (Å²) >= 11 is 6.24. The molecule has 0 saturated carbocycles. The second-order valence-electron chi connectivity index (χ2n) is 11.6. The van der Waals surface area contributed by atoms with Crippen molar-refractivity contribution in [2.45, 2.75) is 64.6 Å². The van der Waals surface area contributed by atoms with Gasteiger partial charge in [-0.25, -0.2) is 8.42 Å². The van der Waals surface area contributed by atoms with E-state index in [1.165, 1.54) is 17.0 Å². The van der Waals surface area contributed by atoms with Crippen molar-refractivity contribution >= 4 is 39.1 Å². The summed E-state index contributed by atoms with van der Waals surface area (Å²) in [7, 11) is -4.20. The third-order valence-electron chi connectivity index (χ3n) is 7.62. The fourth-order valence-electron chi connectivity index (χ4n) is 5.16. The molecular weight excluding hydrogens is 606 g/mol. The molecule has 0 heterocycles. The average molecular weight is 646 g/mol. The van der Waals surface area contributed by atoms with Crippen LogP contribution in [-0.4, -0.2) is 43.8 Å². The monoisotopic (exact) mass is 645 g/mol. The first-order chi connectivity index (χ1) is 21.4. The first kappa shape index (κ1) is 33.7. The number of benzene rings is 4. The molecule has 0 aliphatic heterocycles. The van der Waals surface area contributed by atoms with Gasteiger partial charge in [0.05, 0.1) is 10.6 Å². The predicted molar refractivity (Wildman–Crippen MR) is 181 cm³/mol. The summed E-state index contributed by atoms with van der Waals surface area (Å²) in [6, 6.07) is 27.5. The lowest BCUT2D eigenvalue weighted by atomic mass is 10.0. The molecular formula is C36H40ClN3O4S. The van der Waals surface area contributed by atoms with E-state index in [0.717, 1.165) is 26.6 Å². The molecule has 0 bridgehead atoms. The molecule has 236 valence electrons. The molecule has 1 N–H and O–H groups in total. The molecule has 4 aromatic carbocycles. The minimum absolute atomic E-state index is 0.0547. The average Bonchev–Trinajstić information content (AvgIpc) is 2.99. The van der Waals surface area contributed by atoms with Crippen LogP contribution in [0, 0.1) is 20.8 Å². The number of amides is 2. The van der Waals surface area contributed by atoms with Gasteiger partial charge in [0.2, 0.25) is 11.8 Å². The summed E-state index contributed by atoms with van der Waals surface area (Å²) in [5, 5.41) is 3.43. The Morgan fingerprint density at radius 1 is 0.822 bits per heavy atom. The molecule has 0 radical (unpaired) electrons. The van der Waals surface area contributed by atoms with Crippen molar-refractivity contribution in [1.29, 1.82) is 0 Å². The lowest BCUT2D eigenvalue weighted by Crippen LogP contribution is -2.54. The Morgan fingerprint density at radius 2 is 1.47 bits per heavy atom. The zero-order chi connectivity index (χ0) is 32.7. The number of halogens is 1. The quantitative estimate of drug-likeness (QED) is 0.188. The number of aryl methyl sites for hydroxylation is 3. The maximum atomic E-state index is 14.6. The van der Waals surface area contributed by atoms with Crippen LogP contribution in [-0.2, 0) is 32.6 Å². The molecule has 0 saturated heterocycles. The van der Waals surface area contributed by atoms with Crippen LogP contribution >= 0.6 is 11.6 Å². The van der Waals surface area contributed by atoms with Crippen LogP contribution in [0.1, 0.15) is 41.7 Å². The number of anilines is 1. The number of hydrogen-bond acceptors (Lipinski definition) is 4. The lowest BCUT2D eigenvalue weighted by Gasteiger charge is -2.34. The summed E-state index contributed by atoms with van der Waals surface area (Å²) in [6.45, 7) is 8.90. The molecule has 9 heteroatoms. The van der Waals surface area contributed by atoms with Crippen LogP contribution < -0.4 is 9.62 Å². The van der Waals surface area contributed by atoms with Crippen LogP contribution in [0.3, 0.4) is 0 Å². The van der Waals surface area contributed by atoms with Gasteiger partial charge in [-0.2, -0.15) is 0 Å². The number of nitrogens with zero attached hydrogens (tertiary/aromatic N) is 2. The zero-order valence-electron chi connectivity index (χ0n) is 26.3. The number of carbonyl (C=O) groups is 2. The first-order valence-corrected chi connectivity index (χ1v) is 16.7. The highest BCUT2D eigenvalue weighted by Crippen LogP contribution is 2.30. The molecule has 0 spiro atoms. The van der Waals surface area contributed by atoms with Crippen LogP contribution in [0.5, 0.6) is 0 Å². The minimum Gasteiger partial charge on any atom is -0.352 e. The van der Waals surface area contributed by atoms with Crippen LogP contribution in [0.4, 0.5) is 5.69 Å². The van der Waals surface area contributed by atoms with Crippen molar-refractivity contribution in [2.24, 2.45) is 0 Å². The maximum absolute atomic E-state index is 14.6. The van der Waals surface area contributed by atoms with Gasteiger partial charge in [-0.05, 0) is 87.2 Å². The predicted octanol–water partition coefficient (Wildman–Crippen LogP) is 6.63. The number of rotatable bonds is 12. The first-order valence-electron chi connectivity index (χ1n) is 14.9. The van der Waals surface area contributed by atoms with Gasteiger partial charge in [-0.15, -0.1) is 0 Å². The Labute approximate surface area is 271 Å². The van der Waals surface area contributed by atoms with Gasteiger partial charge >= 0.3 is 0 Å². The fourth-order valence-corrected chi connectivity index (χ4v) is 6.86. The van der Waals surface area contributed by atoms with E-state index in [1.54, 1.807) is 37.3 Å². The van der Waals surface area contributed by atoms with Gasteiger partial charge in [-0.1, -0.05) is 83.9 Å². The Hall–Kier alpha value is -4.14. The second kappa shape index (κ2) is 14.8. The summed E-state index contributed by atoms with van der Waals surface area (Å²) in [4.78, 5) is 30.0. The van der Waals surface area contributed by atoms with Crippen LogP contribution in [0.15, 0.2) is 102 Å². The second-order valence-corrected chi connectivity index (χ2v) is 13.9. The van der Waals surface area contributed by atoms with Crippen molar-refractivity contribution in [3.63, 3.8) is 0 Å². The highest BCUT2D eigenvalue weighted by Gasteiger charge is 2.35. The Morgan fingerprint density at radius 3 is 2.09 bits per heavy atom. The summed E-state index contributed by atoms with van der Waals surface area (Å²) in [5.74, 6) is -0.825. The van der Waals surface area contributed by atoms with E-state index >= 15 is 0 Å². The highest BCUT2D eigenvalue weighted by molar-refractivity contribution is 7.92. The van der Waals surface area contributed by atoms with E-state index in [-0.39, 0.29) is 29.8 Å². The summed E-state index contributed by atoms with van der Waals surface area (Å²) < 4.78 is 29.6. The lowest BCUT2D eigenvalue weighted by molar-refractivity contribution is -0.140. The standard InChI is InChI=1S/C36H40ClN3O4S/c1-25(2)38-36(42)34(22-29-12-7-6-8-13-29)39(23-30-14-10-9-11-27(30)4)35(41)24-40(33-20-17-31(37)21-28(33)5)45(43,44)32-18-15-26(3)16-19-32/h6-21,25,34H,22-24H2,1-5H3,(H,38,42)/t34-/m0/s1. The molecule has 7 nitrogen and oxygen atoms in total. The van der Waals surface area contributed by atoms with Gasteiger partial charge < -0.3 is 10.2 Å². The van der Waals surface area contributed by atoms with Gasteiger partial charge in [0.1, 0.15) is 12.6 Å². The normalized spacial score (nSPS) is 12.1. The van der Waals surface area contributed by atoms with Crippen molar-refractivity contribution in [1.82, 2.24) is 10.2 Å². The SMILES string of the molecule is Cc1ccc(S(=O)(=O)N(CC(=O)N(Cc2ccccc2C)[C@@H](Cc2ccccc2)C(=O)NC(C)C)c2ccc(Cl)cc2C)cc1. The Balaban J connectivity index is 1.84. The van der Waals surface area contributed by atoms with Crippen LogP contribution in [0.25, 0.3) is 0 Å². The van der Waals surface area contributed by atoms with E-state index in [1.807, 2.05) is 82.3 Å². The van der Waals surface area contributed by atoms with E-state index in [2.05, 4.69) is 5.32 Å².